The number of carbonyl (C=O) groups is 1. The maximum absolute atomic E-state index is 11.8. The molecule has 0 fully saturated rings. The zero-order valence-corrected chi connectivity index (χ0v) is 13.4. The van der Waals surface area contributed by atoms with Crippen LogP contribution in [0.25, 0.3) is 0 Å². The van der Waals surface area contributed by atoms with Gasteiger partial charge in [-0.15, -0.1) is 11.3 Å². The number of carbonyl (C=O) groups excluding carboxylic acids is 1. The zero-order valence-electron chi connectivity index (χ0n) is 12.6. The monoisotopic (exact) mass is 304 g/mol. The van der Waals surface area contributed by atoms with Crippen LogP contribution in [-0.4, -0.2) is 17.5 Å². The molecule has 1 N–H and O–H groups in total. The van der Waals surface area contributed by atoms with Gasteiger partial charge in [0.2, 0.25) is 0 Å². The van der Waals surface area contributed by atoms with Crippen molar-refractivity contribution in [3.05, 3.63) is 47.0 Å². The summed E-state index contributed by atoms with van der Waals surface area (Å²) >= 11 is 1.44. The number of thiazole rings is 1. The molecule has 1 aromatic heterocycles. The second-order valence-corrected chi connectivity index (χ2v) is 6.67. The highest BCUT2D eigenvalue weighted by molar-refractivity contribution is 7.13. The minimum atomic E-state index is -0.180. The van der Waals surface area contributed by atoms with Crippen LogP contribution in [0, 0.1) is 0 Å². The third kappa shape index (κ3) is 4.95. The first kappa shape index (κ1) is 15.7. The van der Waals surface area contributed by atoms with E-state index in [1.165, 1.54) is 11.3 Å². The van der Waals surface area contributed by atoms with Gasteiger partial charge < -0.3 is 4.74 Å². The lowest BCUT2D eigenvalue weighted by molar-refractivity contribution is -0.121. The van der Waals surface area contributed by atoms with E-state index >= 15 is 0 Å². The van der Waals surface area contributed by atoms with Gasteiger partial charge in [-0.1, -0.05) is 51.1 Å². The number of aromatic nitrogens is 1. The Hall–Kier alpha value is -1.72. The van der Waals surface area contributed by atoms with Crippen molar-refractivity contribution in [3.8, 4) is 0 Å². The molecule has 112 valence electrons. The molecule has 2 rings (SSSR count). The van der Waals surface area contributed by atoms with Crippen LogP contribution < -0.4 is 5.32 Å². The quantitative estimate of drug-likeness (QED) is 0.918. The Kier molecular flexibility index (Phi) is 5.09. The van der Waals surface area contributed by atoms with Gasteiger partial charge in [0.05, 0.1) is 12.3 Å². The van der Waals surface area contributed by atoms with Crippen molar-refractivity contribution < 1.29 is 9.53 Å². The van der Waals surface area contributed by atoms with Crippen LogP contribution >= 0.6 is 11.3 Å². The maximum Gasteiger partial charge on any atom is 0.252 e. The normalized spacial score (nSPS) is 11.4. The Balaban J connectivity index is 1.78. The van der Waals surface area contributed by atoms with Crippen molar-refractivity contribution in [2.45, 2.75) is 32.8 Å². The van der Waals surface area contributed by atoms with Gasteiger partial charge in [0.25, 0.3) is 5.91 Å². The molecule has 0 atom stereocenters. The maximum atomic E-state index is 11.8. The van der Waals surface area contributed by atoms with Gasteiger partial charge in [-0.2, -0.15) is 0 Å². The summed E-state index contributed by atoms with van der Waals surface area (Å²) in [6.45, 7) is 6.74. The van der Waals surface area contributed by atoms with Crippen molar-refractivity contribution >= 4 is 22.4 Å². The molecule has 21 heavy (non-hydrogen) atoms. The van der Waals surface area contributed by atoms with Gasteiger partial charge in [-0.3, -0.25) is 10.1 Å². The van der Waals surface area contributed by atoms with E-state index in [0.29, 0.717) is 11.7 Å². The predicted octanol–water partition coefficient (Wildman–Crippen LogP) is 3.60. The fourth-order valence-corrected chi connectivity index (χ4v) is 2.62. The largest absolute Gasteiger partial charge is 0.367 e. The summed E-state index contributed by atoms with van der Waals surface area (Å²) in [7, 11) is 0. The molecule has 0 saturated heterocycles. The van der Waals surface area contributed by atoms with Crippen molar-refractivity contribution in [3.63, 3.8) is 0 Å². The van der Waals surface area contributed by atoms with E-state index in [1.807, 2.05) is 35.7 Å². The molecule has 1 aromatic carbocycles. The molecule has 1 amide bonds. The summed E-state index contributed by atoms with van der Waals surface area (Å²) < 4.78 is 5.39. The standard InChI is InChI=1S/C16H20N2O2S/c1-16(2,3)13-11-21-15(17-13)18-14(19)10-20-9-12-7-5-4-6-8-12/h4-8,11H,9-10H2,1-3H3,(H,17,18,19). The van der Waals surface area contributed by atoms with E-state index in [0.717, 1.165) is 11.3 Å². The van der Waals surface area contributed by atoms with Crippen molar-refractivity contribution in [2.24, 2.45) is 0 Å². The second kappa shape index (κ2) is 6.83. The highest BCUT2D eigenvalue weighted by Gasteiger charge is 2.18. The van der Waals surface area contributed by atoms with E-state index in [-0.39, 0.29) is 17.9 Å². The van der Waals surface area contributed by atoms with E-state index < -0.39 is 0 Å². The molecule has 2 aromatic rings. The molecule has 5 heteroatoms. The fourth-order valence-electron chi connectivity index (χ4n) is 1.67. The summed E-state index contributed by atoms with van der Waals surface area (Å²) in [5.74, 6) is -0.180. The number of anilines is 1. The first-order valence-electron chi connectivity index (χ1n) is 6.82. The number of hydrogen-bond donors (Lipinski definition) is 1. The van der Waals surface area contributed by atoms with E-state index in [4.69, 9.17) is 4.74 Å². The van der Waals surface area contributed by atoms with Crippen molar-refractivity contribution in [1.29, 1.82) is 0 Å². The SMILES string of the molecule is CC(C)(C)c1csc(NC(=O)COCc2ccccc2)n1. The lowest BCUT2D eigenvalue weighted by atomic mass is 9.93. The van der Waals surface area contributed by atoms with Crippen LogP contribution in [0.1, 0.15) is 32.0 Å². The lowest BCUT2D eigenvalue weighted by Gasteiger charge is -2.14. The predicted molar refractivity (Wildman–Crippen MR) is 85.5 cm³/mol. The number of hydrogen-bond acceptors (Lipinski definition) is 4. The highest BCUT2D eigenvalue weighted by atomic mass is 32.1. The topological polar surface area (TPSA) is 51.2 Å². The molecule has 0 radical (unpaired) electrons. The number of rotatable bonds is 5. The smallest absolute Gasteiger partial charge is 0.252 e. The van der Waals surface area contributed by atoms with Gasteiger partial charge in [-0.25, -0.2) is 4.98 Å². The average molecular weight is 304 g/mol. The Morgan fingerprint density at radius 1 is 1.29 bits per heavy atom. The molecule has 0 unspecified atom stereocenters. The lowest BCUT2D eigenvalue weighted by Crippen LogP contribution is -2.18. The Bertz CT molecular complexity index is 588. The first-order valence-corrected chi connectivity index (χ1v) is 7.70. The number of ether oxygens (including phenoxy) is 1. The second-order valence-electron chi connectivity index (χ2n) is 5.81. The van der Waals surface area contributed by atoms with Crippen LogP contribution in [0.3, 0.4) is 0 Å². The average Bonchev–Trinajstić information content (AvgIpc) is 2.88. The summed E-state index contributed by atoms with van der Waals surface area (Å²) in [6.07, 6.45) is 0. The van der Waals surface area contributed by atoms with Gasteiger partial charge >= 0.3 is 0 Å². The molecule has 0 bridgehead atoms. The van der Waals surface area contributed by atoms with Crippen LogP contribution in [0.5, 0.6) is 0 Å². The molecule has 0 spiro atoms. The van der Waals surface area contributed by atoms with Crippen LogP contribution in [0.2, 0.25) is 0 Å². The summed E-state index contributed by atoms with van der Waals surface area (Å²) in [5, 5.41) is 5.36. The Labute approximate surface area is 129 Å². The zero-order chi connectivity index (χ0) is 15.3. The number of amides is 1. The van der Waals surface area contributed by atoms with Crippen molar-refractivity contribution in [1.82, 2.24) is 4.98 Å². The highest BCUT2D eigenvalue weighted by Crippen LogP contribution is 2.26. The van der Waals surface area contributed by atoms with Crippen LogP contribution in [0.15, 0.2) is 35.7 Å². The van der Waals surface area contributed by atoms with Gasteiger partial charge in [-0.05, 0) is 5.56 Å². The van der Waals surface area contributed by atoms with E-state index in [2.05, 4.69) is 31.1 Å². The summed E-state index contributed by atoms with van der Waals surface area (Å²) in [6, 6.07) is 9.78. The minimum absolute atomic E-state index is 0.0106. The molecule has 0 aliphatic heterocycles. The molecule has 0 aliphatic rings. The molecule has 1 heterocycles. The number of nitrogens with zero attached hydrogens (tertiary/aromatic N) is 1. The van der Waals surface area contributed by atoms with Gasteiger partial charge in [0.1, 0.15) is 6.61 Å². The van der Waals surface area contributed by atoms with Crippen molar-refractivity contribution in [2.75, 3.05) is 11.9 Å². The minimum Gasteiger partial charge on any atom is -0.367 e. The first-order chi connectivity index (χ1) is 9.95. The number of benzene rings is 1. The molecular formula is C16H20N2O2S. The van der Waals surface area contributed by atoms with Crippen LogP contribution in [-0.2, 0) is 21.6 Å². The third-order valence-corrected chi connectivity index (χ3v) is 3.62. The van der Waals surface area contributed by atoms with Crippen LogP contribution in [0.4, 0.5) is 5.13 Å². The van der Waals surface area contributed by atoms with E-state index in [9.17, 15) is 4.79 Å². The molecule has 4 nitrogen and oxygen atoms in total. The molecule has 0 aliphatic carbocycles. The summed E-state index contributed by atoms with van der Waals surface area (Å²) in [4.78, 5) is 16.2. The fraction of sp³-hybridized carbons (Fsp3) is 0.375. The van der Waals surface area contributed by atoms with E-state index in [1.54, 1.807) is 0 Å². The Morgan fingerprint density at radius 3 is 2.62 bits per heavy atom. The number of nitrogens with one attached hydrogen (secondary N) is 1. The third-order valence-electron chi connectivity index (χ3n) is 2.86. The Morgan fingerprint density at radius 2 is 2.00 bits per heavy atom. The molecule has 0 saturated carbocycles. The molecular weight excluding hydrogens is 284 g/mol. The van der Waals surface area contributed by atoms with Gasteiger partial charge in [0, 0.05) is 10.8 Å². The van der Waals surface area contributed by atoms with Gasteiger partial charge in [0.15, 0.2) is 5.13 Å². The summed E-state index contributed by atoms with van der Waals surface area (Å²) in [5.41, 5.74) is 2.02.